The molecule has 0 bridgehead atoms. The first kappa shape index (κ1) is 16.9. The van der Waals surface area contributed by atoms with Crippen molar-refractivity contribution < 1.29 is 9.26 Å². The largest absolute Gasteiger partial charge is 0.373 e. The molecule has 0 aliphatic carbocycles. The van der Waals surface area contributed by atoms with Crippen LogP contribution in [0.25, 0.3) is 0 Å². The molecule has 1 aliphatic rings. The highest BCUT2D eigenvalue weighted by Crippen LogP contribution is 2.29. The molecule has 0 amide bonds. The molecule has 1 N–H and O–H groups in total. The number of hydrogen-bond donors (Lipinski definition) is 1. The van der Waals surface area contributed by atoms with Crippen LogP contribution in [0.15, 0.2) is 28.8 Å². The van der Waals surface area contributed by atoms with Gasteiger partial charge in [-0.15, -0.1) is 12.4 Å². The Morgan fingerprint density at radius 2 is 2.18 bits per heavy atom. The lowest BCUT2D eigenvalue weighted by atomic mass is 9.96. The summed E-state index contributed by atoms with van der Waals surface area (Å²) in [7, 11) is 1.93. The van der Waals surface area contributed by atoms with Crippen molar-refractivity contribution in [1.29, 1.82) is 0 Å². The molecule has 0 saturated carbocycles. The van der Waals surface area contributed by atoms with Gasteiger partial charge in [-0.1, -0.05) is 29.4 Å². The second-order valence-corrected chi connectivity index (χ2v) is 5.51. The average Bonchev–Trinajstić information content (AvgIpc) is 2.94. The van der Waals surface area contributed by atoms with Gasteiger partial charge in [-0.25, -0.2) is 0 Å². The zero-order valence-electron chi connectivity index (χ0n) is 12.9. The van der Waals surface area contributed by atoms with Gasteiger partial charge in [0.25, 0.3) is 0 Å². The lowest BCUT2D eigenvalue weighted by molar-refractivity contribution is 0.0375. The number of benzene rings is 1. The van der Waals surface area contributed by atoms with Crippen molar-refractivity contribution in [3.63, 3.8) is 0 Å². The van der Waals surface area contributed by atoms with Gasteiger partial charge in [0.1, 0.15) is 0 Å². The highest BCUT2D eigenvalue weighted by atomic mass is 35.5. The summed E-state index contributed by atoms with van der Waals surface area (Å²) in [5.74, 6) is 1.39. The number of aromatic nitrogens is 2. The van der Waals surface area contributed by atoms with Crippen molar-refractivity contribution in [2.45, 2.75) is 38.3 Å². The second kappa shape index (κ2) is 7.72. The molecule has 120 valence electrons. The second-order valence-electron chi connectivity index (χ2n) is 5.51. The molecule has 1 aromatic heterocycles. The molecule has 2 unspecified atom stereocenters. The van der Waals surface area contributed by atoms with Gasteiger partial charge in [0.15, 0.2) is 5.82 Å². The van der Waals surface area contributed by atoms with E-state index in [1.807, 2.05) is 13.1 Å². The fraction of sp³-hybridized carbons (Fsp3) is 0.500. The molecule has 2 aromatic rings. The monoisotopic (exact) mass is 323 g/mol. The Morgan fingerprint density at radius 3 is 3.00 bits per heavy atom. The van der Waals surface area contributed by atoms with Crippen LogP contribution in [-0.4, -0.2) is 29.8 Å². The fourth-order valence-corrected chi connectivity index (χ4v) is 2.64. The summed E-state index contributed by atoms with van der Waals surface area (Å²) in [5, 5.41) is 7.21. The predicted octanol–water partition coefficient (Wildman–Crippen LogP) is 2.50. The average molecular weight is 324 g/mol. The summed E-state index contributed by atoms with van der Waals surface area (Å²) in [5.41, 5.74) is 2.60. The molecule has 0 radical (unpaired) electrons. The van der Waals surface area contributed by atoms with Gasteiger partial charge >= 0.3 is 0 Å². The van der Waals surface area contributed by atoms with E-state index < -0.39 is 0 Å². The first-order valence-corrected chi connectivity index (χ1v) is 7.44. The number of nitrogens with zero attached hydrogens (tertiary/aromatic N) is 2. The smallest absolute Gasteiger partial charge is 0.229 e. The van der Waals surface area contributed by atoms with Crippen LogP contribution in [0.2, 0.25) is 0 Å². The zero-order valence-corrected chi connectivity index (χ0v) is 13.7. The summed E-state index contributed by atoms with van der Waals surface area (Å²) < 4.78 is 11.2. The molecular weight excluding hydrogens is 302 g/mol. The number of halogens is 1. The normalized spacial score (nSPS) is 18.4. The van der Waals surface area contributed by atoms with Crippen molar-refractivity contribution in [1.82, 2.24) is 15.5 Å². The lowest BCUT2D eigenvalue weighted by Crippen LogP contribution is -2.24. The standard InChI is InChI=1S/C16H21N3O2.ClH/c1-11(17-2)9-15-18-16(21-19-15)10-14-13-6-4-3-5-12(13)7-8-20-14;/h3-6,11,14,17H,7-10H2,1-2H3;1H. The third kappa shape index (κ3) is 3.85. The van der Waals surface area contributed by atoms with E-state index in [-0.39, 0.29) is 18.5 Å². The molecular formula is C16H22ClN3O2. The summed E-state index contributed by atoms with van der Waals surface area (Å²) >= 11 is 0. The van der Waals surface area contributed by atoms with E-state index in [0.29, 0.717) is 18.4 Å². The Hall–Kier alpha value is -1.43. The highest BCUT2D eigenvalue weighted by Gasteiger charge is 2.23. The molecule has 0 fully saturated rings. The zero-order chi connectivity index (χ0) is 14.7. The van der Waals surface area contributed by atoms with Crippen LogP contribution in [0.5, 0.6) is 0 Å². The van der Waals surface area contributed by atoms with Gasteiger partial charge in [0.05, 0.1) is 19.1 Å². The maximum absolute atomic E-state index is 5.88. The van der Waals surface area contributed by atoms with Crippen molar-refractivity contribution >= 4 is 12.4 Å². The maximum atomic E-state index is 5.88. The van der Waals surface area contributed by atoms with Crippen LogP contribution in [0.4, 0.5) is 0 Å². The molecule has 2 atom stereocenters. The number of nitrogens with one attached hydrogen (secondary N) is 1. The molecule has 0 saturated heterocycles. The minimum atomic E-state index is 0. The van der Waals surface area contributed by atoms with Gasteiger partial charge in [-0.3, -0.25) is 0 Å². The minimum absolute atomic E-state index is 0. The van der Waals surface area contributed by atoms with Crippen LogP contribution in [-0.2, 0) is 24.0 Å². The number of hydrogen-bond acceptors (Lipinski definition) is 5. The van der Waals surface area contributed by atoms with E-state index >= 15 is 0 Å². The molecule has 0 spiro atoms. The SMILES string of the molecule is CNC(C)Cc1noc(CC2OCCc3ccccc32)n1.Cl. The lowest BCUT2D eigenvalue weighted by Gasteiger charge is -2.24. The van der Waals surface area contributed by atoms with Gasteiger partial charge in [0, 0.05) is 12.5 Å². The molecule has 22 heavy (non-hydrogen) atoms. The number of rotatable bonds is 5. The summed E-state index contributed by atoms with van der Waals surface area (Å²) in [4.78, 5) is 4.47. The van der Waals surface area contributed by atoms with E-state index in [1.54, 1.807) is 0 Å². The Balaban J connectivity index is 0.00000176. The summed E-state index contributed by atoms with van der Waals surface area (Å²) in [6.07, 6.45) is 2.39. The quantitative estimate of drug-likeness (QED) is 0.916. The molecule has 5 nitrogen and oxygen atoms in total. The Morgan fingerprint density at radius 1 is 1.36 bits per heavy atom. The summed E-state index contributed by atoms with van der Waals surface area (Å²) in [6, 6.07) is 8.75. The van der Waals surface area contributed by atoms with Crippen LogP contribution in [0.1, 0.15) is 35.9 Å². The number of ether oxygens (including phenoxy) is 1. The third-order valence-electron chi connectivity index (χ3n) is 3.94. The van der Waals surface area contributed by atoms with E-state index in [0.717, 1.165) is 25.3 Å². The highest BCUT2D eigenvalue weighted by molar-refractivity contribution is 5.85. The Kier molecular flexibility index (Phi) is 5.94. The first-order chi connectivity index (χ1) is 10.3. The van der Waals surface area contributed by atoms with Gasteiger partial charge in [0.2, 0.25) is 5.89 Å². The fourth-order valence-electron chi connectivity index (χ4n) is 2.64. The number of fused-ring (bicyclic) bond motifs is 1. The first-order valence-electron chi connectivity index (χ1n) is 7.44. The maximum Gasteiger partial charge on any atom is 0.229 e. The number of likely N-dealkylation sites (N-methyl/N-ethyl adjacent to an activating group) is 1. The molecule has 2 heterocycles. The molecule has 6 heteroatoms. The van der Waals surface area contributed by atoms with Crippen molar-refractivity contribution in [3.05, 3.63) is 47.1 Å². The van der Waals surface area contributed by atoms with E-state index in [1.165, 1.54) is 11.1 Å². The van der Waals surface area contributed by atoms with Crippen molar-refractivity contribution in [2.24, 2.45) is 0 Å². The van der Waals surface area contributed by atoms with E-state index in [2.05, 4.69) is 40.6 Å². The Bertz CT molecular complexity index is 603. The Labute approximate surface area is 136 Å². The van der Waals surface area contributed by atoms with Crippen molar-refractivity contribution in [2.75, 3.05) is 13.7 Å². The van der Waals surface area contributed by atoms with Crippen LogP contribution in [0, 0.1) is 0 Å². The van der Waals surface area contributed by atoms with Gasteiger partial charge < -0.3 is 14.6 Å². The summed E-state index contributed by atoms with van der Waals surface area (Å²) in [6.45, 7) is 2.84. The van der Waals surface area contributed by atoms with E-state index in [9.17, 15) is 0 Å². The van der Waals surface area contributed by atoms with Gasteiger partial charge in [-0.05, 0) is 31.5 Å². The van der Waals surface area contributed by atoms with Crippen LogP contribution >= 0.6 is 12.4 Å². The van der Waals surface area contributed by atoms with E-state index in [4.69, 9.17) is 9.26 Å². The molecule has 1 aromatic carbocycles. The molecule has 1 aliphatic heterocycles. The van der Waals surface area contributed by atoms with Gasteiger partial charge in [-0.2, -0.15) is 4.98 Å². The minimum Gasteiger partial charge on any atom is -0.373 e. The topological polar surface area (TPSA) is 60.2 Å². The predicted molar refractivity (Wildman–Crippen MR) is 86.3 cm³/mol. The van der Waals surface area contributed by atoms with Crippen LogP contribution in [0.3, 0.4) is 0 Å². The third-order valence-corrected chi connectivity index (χ3v) is 3.94. The molecule has 3 rings (SSSR count). The van der Waals surface area contributed by atoms with Crippen LogP contribution < -0.4 is 5.32 Å². The van der Waals surface area contributed by atoms with Crippen molar-refractivity contribution in [3.8, 4) is 0 Å².